The Balaban J connectivity index is 2.60. The molecular weight excluding hydrogens is 348 g/mol. The SMILES string of the molecule is COc1ccc(F)c(C(O)c2c(NC(=O)O)ccc(Cl)c2Cl)c1. The van der Waals surface area contributed by atoms with Crippen molar-refractivity contribution in [2.75, 3.05) is 12.4 Å². The first-order valence-electron chi connectivity index (χ1n) is 6.34. The molecule has 3 N–H and O–H groups in total. The van der Waals surface area contributed by atoms with Crippen molar-refractivity contribution >= 4 is 35.0 Å². The van der Waals surface area contributed by atoms with E-state index in [1.165, 1.54) is 31.4 Å². The molecule has 0 aliphatic rings. The van der Waals surface area contributed by atoms with E-state index in [1.807, 2.05) is 0 Å². The number of aliphatic hydroxyl groups excluding tert-OH is 1. The van der Waals surface area contributed by atoms with Gasteiger partial charge in [0.15, 0.2) is 0 Å². The minimum absolute atomic E-state index is 0.00150. The van der Waals surface area contributed by atoms with Gasteiger partial charge in [-0.25, -0.2) is 9.18 Å². The highest BCUT2D eigenvalue weighted by Crippen LogP contribution is 2.39. The molecule has 2 rings (SSSR count). The molecule has 0 saturated heterocycles. The Bertz CT molecular complexity index is 754. The zero-order valence-electron chi connectivity index (χ0n) is 11.8. The number of amides is 1. The first-order chi connectivity index (χ1) is 10.8. The third kappa shape index (κ3) is 3.67. The monoisotopic (exact) mass is 359 g/mol. The quantitative estimate of drug-likeness (QED) is 0.759. The Hall–Kier alpha value is -2.02. The van der Waals surface area contributed by atoms with E-state index in [9.17, 15) is 14.3 Å². The van der Waals surface area contributed by atoms with E-state index in [0.29, 0.717) is 5.75 Å². The standard InChI is InChI=1S/C15H12Cl2FNO4/c1-23-7-2-4-10(18)8(6-7)14(20)12-11(19-15(21)22)5-3-9(16)13(12)17/h2-6,14,19-20H,1H3,(H,21,22). The fourth-order valence-electron chi connectivity index (χ4n) is 2.07. The summed E-state index contributed by atoms with van der Waals surface area (Å²) in [6, 6.07) is 6.51. The minimum Gasteiger partial charge on any atom is -0.497 e. The van der Waals surface area contributed by atoms with Crippen molar-refractivity contribution in [3.8, 4) is 5.75 Å². The molecule has 0 aliphatic carbocycles. The molecule has 122 valence electrons. The van der Waals surface area contributed by atoms with Gasteiger partial charge in [-0.2, -0.15) is 0 Å². The number of ether oxygens (including phenoxy) is 1. The number of hydrogen-bond donors (Lipinski definition) is 3. The number of hydrogen-bond acceptors (Lipinski definition) is 3. The number of methoxy groups -OCH3 is 1. The minimum atomic E-state index is -1.54. The predicted octanol–water partition coefficient (Wildman–Crippen LogP) is 4.31. The molecule has 2 aromatic carbocycles. The summed E-state index contributed by atoms with van der Waals surface area (Å²) in [6.45, 7) is 0. The molecule has 1 amide bonds. The lowest BCUT2D eigenvalue weighted by Crippen LogP contribution is -2.13. The fraction of sp³-hybridized carbons (Fsp3) is 0.133. The Labute approximate surface area is 141 Å². The van der Waals surface area contributed by atoms with Crippen LogP contribution in [0.4, 0.5) is 14.9 Å². The average Bonchev–Trinajstić information content (AvgIpc) is 2.50. The molecule has 1 unspecified atom stereocenters. The van der Waals surface area contributed by atoms with Crippen molar-refractivity contribution < 1.29 is 24.1 Å². The van der Waals surface area contributed by atoms with E-state index in [4.69, 9.17) is 33.0 Å². The van der Waals surface area contributed by atoms with E-state index >= 15 is 0 Å². The fourth-order valence-corrected chi connectivity index (χ4v) is 2.50. The predicted molar refractivity (Wildman–Crippen MR) is 85.1 cm³/mol. The average molecular weight is 360 g/mol. The third-order valence-electron chi connectivity index (χ3n) is 3.15. The summed E-state index contributed by atoms with van der Waals surface area (Å²) in [5, 5.41) is 21.5. The van der Waals surface area contributed by atoms with Crippen LogP contribution in [0.25, 0.3) is 0 Å². The van der Waals surface area contributed by atoms with Crippen LogP contribution in [0, 0.1) is 5.82 Å². The molecule has 23 heavy (non-hydrogen) atoms. The number of anilines is 1. The van der Waals surface area contributed by atoms with Crippen LogP contribution in [-0.2, 0) is 0 Å². The second-order valence-electron chi connectivity index (χ2n) is 4.54. The lowest BCUT2D eigenvalue weighted by molar-refractivity contribution is 0.208. The number of nitrogens with one attached hydrogen (secondary N) is 1. The van der Waals surface area contributed by atoms with E-state index in [2.05, 4.69) is 5.32 Å². The molecule has 2 aromatic rings. The first-order valence-corrected chi connectivity index (χ1v) is 7.10. The van der Waals surface area contributed by atoms with Gasteiger partial charge in [0.05, 0.1) is 22.8 Å². The maximum atomic E-state index is 14.0. The lowest BCUT2D eigenvalue weighted by atomic mass is 9.99. The van der Waals surface area contributed by atoms with Crippen LogP contribution in [0.3, 0.4) is 0 Å². The smallest absolute Gasteiger partial charge is 0.409 e. The molecule has 0 aliphatic heterocycles. The van der Waals surface area contributed by atoms with Gasteiger partial charge in [0.2, 0.25) is 0 Å². The van der Waals surface area contributed by atoms with Crippen LogP contribution in [0.5, 0.6) is 5.75 Å². The van der Waals surface area contributed by atoms with Crippen LogP contribution in [0.1, 0.15) is 17.2 Å². The maximum Gasteiger partial charge on any atom is 0.409 e. The molecule has 8 heteroatoms. The molecule has 0 heterocycles. The largest absolute Gasteiger partial charge is 0.497 e. The van der Waals surface area contributed by atoms with Crippen molar-refractivity contribution in [3.05, 3.63) is 57.3 Å². The third-order valence-corrected chi connectivity index (χ3v) is 3.96. The molecule has 0 aromatic heterocycles. The number of aliphatic hydroxyl groups is 1. The van der Waals surface area contributed by atoms with Gasteiger partial charge in [0.25, 0.3) is 0 Å². The normalized spacial score (nSPS) is 11.9. The van der Waals surface area contributed by atoms with Gasteiger partial charge in [0, 0.05) is 11.1 Å². The van der Waals surface area contributed by atoms with Gasteiger partial charge >= 0.3 is 6.09 Å². The highest BCUT2D eigenvalue weighted by molar-refractivity contribution is 6.42. The summed E-state index contributed by atoms with van der Waals surface area (Å²) < 4.78 is 19.0. The zero-order chi connectivity index (χ0) is 17.1. The number of carboxylic acid groups (broad SMARTS) is 1. The van der Waals surface area contributed by atoms with Gasteiger partial charge in [0.1, 0.15) is 17.7 Å². The molecule has 0 radical (unpaired) electrons. The van der Waals surface area contributed by atoms with Gasteiger partial charge < -0.3 is 14.9 Å². The maximum absolute atomic E-state index is 14.0. The topological polar surface area (TPSA) is 78.8 Å². The van der Waals surface area contributed by atoms with Crippen molar-refractivity contribution in [2.24, 2.45) is 0 Å². The van der Waals surface area contributed by atoms with E-state index < -0.39 is 18.0 Å². The summed E-state index contributed by atoms with van der Waals surface area (Å²) in [5.74, 6) is -0.373. The molecule has 5 nitrogen and oxygen atoms in total. The molecular formula is C15H12Cl2FNO4. The van der Waals surface area contributed by atoms with Gasteiger partial charge in [-0.1, -0.05) is 23.2 Å². The molecule has 0 saturated carbocycles. The lowest BCUT2D eigenvalue weighted by Gasteiger charge is -2.19. The highest BCUT2D eigenvalue weighted by Gasteiger charge is 2.24. The van der Waals surface area contributed by atoms with E-state index in [1.54, 1.807) is 0 Å². The van der Waals surface area contributed by atoms with Crippen LogP contribution >= 0.6 is 23.2 Å². The van der Waals surface area contributed by atoms with Crippen molar-refractivity contribution in [1.82, 2.24) is 0 Å². The number of rotatable bonds is 4. The van der Waals surface area contributed by atoms with Gasteiger partial charge in [-0.05, 0) is 30.3 Å². The summed E-state index contributed by atoms with van der Waals surface area (Å²) in [5.41, 5.74) is -0.169. The Morgan fingerprint density at radius 1 is 1.30 bits per heavy atom. The van der Waals surface area contributed by atoms with Gasteiger partial charge in [-0.15, -0.1) is 0 Å². The zero-order valence-corrected chi connectivity index (χ0v) is 13.3. The van der Waals surface area contributed by atoms with Crippen LogP contribution in [0.15, 0.2) is 30.3 Å². The van der Waals surface area contributed by atoms with Crippen molar-refractivity contribution in [3.63, 3.8) is 0 Å². The second kappa shape index (κ2) is 7.04. The van der Waals surface area contributed by atoms with Crippen LogP contribution in [-0.4, -0.2) is 23.4 Å². The van der Waals surface area contributed by atoms with Crippen LogP contribution in [0.2, 0.25) is 10.0 Å². The van der Waals surface area contributed by atoms with Gasteiger partial charge in [-0.3, -0.25) is 5.32 Å². The Kier molecular flexibility index (Phi) is 5.30. The Morgan fingerprint density at radius 3 is 2.61 bits per heavy atom. The summed E-state index contributed by atoms with van der Waals surface area (Å²) >= 11 is 12.0. The summed E-state index contributed by atoms with van der Waals surface area (Å²) in [6.07, 6.45) is -2.90. The first kappa shape index (κ1) is 17.3. The summed E-state index contributed by atoms with van der Waals surface area (Å²) in [7, 11) is 1.40. The highest BCUT2D eigenvalue weighted by atomic mass is 35.5. The molecule has 0 bridgehead atoms. The Morgan fingerprint density at radius 2 is 2.00 bits per heavy atom. The molecule has 0 fully saturated rings. The summed E-state index contributed by atoms with van der Waals surface area (Å²) in [4.78, 5) is 10.9. The van der Waals surface area contributed by atoms with Crippen molar-refractivity contribution in [2.45, 2.75) is 6.10 Å². The second-order valence-corrected chi connectivity index (χ2v) is 5.33. The number of carbonyl (C=O) groups is 1. The van der Waals surface area contributed by atoms with E-state index in [-0.39, 0.29) is 26.9 Å². The van der Waals surface area contributed by atoms with Crippen LogP contribution < -0.4 is 10.1 Å². The van der Waals surface area contributed by atoms with Crippen molar-refractivity contribution in [1.29, 1.82) is 0 Å². The number of halogens is 3. The molecule has 1 atom stereocenters. The molecule has 0 spiro atoms. The number of benzene rings is 2. The van der Waals surface area contributed by atoms with E-state index in [0.717, 1.165) is 6.07 Å².